The van der Waals surface area contributed by atoms with Gasteiger partial charge in [-0.15, -0.1) is 11.3 Å². The van der Waals surface area contributed by atoms with Gasteiger partial charge < -0.3 is 5.32 Å². The molecule has 1 saturated heterocycles. The first kappa shape index (κ1) is 15.2. The van der Waals surface area contributed by atoms with Gasteiger partial charge in [0.15, 0.2) is 9.84 Å². The lowest BCUT2D eigenvalue weighted by molar-refractivity contribution is -0.119. The van der Waals surface area contributed by atoms with E-state index in [0.717, 1.165) is 5.56 Å². The Hall–Kier alpha value is -1.66. The molecule has 1 aliphatic rings. The first-order valence-corrected chi connectivity index (χ1v) is 9.80. The van der Waals surface area contributed by atoms with Crippen LogP contribution >= 0.6 is 11.3 Å². The summed E-state index contributed by atoms with van der Waals surface area (Å²) < 4.78 is 22.9. The van der Waals surface area contributed by atoms with Crippen LogP contribution < -0.4 is 5.32 Å². The van der Waals surface area contributed by atoms with Crippen LogP contribution in [-0.2, 0) is 14.6 Å². The molecule has 1 aromatic carbocycles. The highest BCUT2D eigenvalue weighted by Crippen LogP contribution is 2.31. The highest BCUT2D eigenvalue weighted by Gasteiger charge is 2.32. The van der Waals surface area contributed by atoms with Crippen LogP contribution in [0.2, 0.25) is 0 Å². The van der Waals surface area contributed by atoms with Crippen LogP contribution in [0.4, 0.5) is 5.69 Å². The molecule has 1 amide bonds. The van der Waals surface area contributed by atoms with E-state index in [1.165, 1.54) is 10.4 Å². The predicted octanol–water partition coefficient (Wildman–Crippen LogP) is 3.10. The van der Waals surface area contributed by atoms with E-state index >= 15 is 0 Å². The van der Waals surface area contributed by atoms with Crippen LogP contribution in [0.15, 0.2) is 35.7 Å². The van der Waals surface area contributed by atoms with E-state index in [-0.39, 0.29) is 17.4 Å². The first-order chi connectivity index (χ1) is 10.4. The van der Waals surface area contributed by atoms with E-state index in [2.05, 4.69) is 18.3 Å². The van der Waals surface area contributed by atoms with Crippen LogP contribution in [0.3, 0.4) is 0 Å². The van der Waals surface area contributed by atoms with Crippen LogP contribution in [0, 0.1) is 12.8 Å². The van der Waals surface area contributed by atoms with Crippen molar-refractivity contribution < 1.29 is 13.2 Å². The topological polar surface area (TPSA) is 63.2 Å². The highest BCUT2D eigenvalue weighted by molar-refractivity contribution is 7.91. The summed E-state index contributed by atoms with van der Waals surface area (Å²) in [4.78, 5) is 13.4. The Bertz CT molecular complexity index is 808. The van der Waals surface area contributed by atoms with Gasteiger partial charge in [-0.3, -0.25) is 4.79 Å². The molecule has 2 heterocycles. The second kappa shape index (κ2) is 5.85. The monoisotopic (exact) mass is 335 g/mol. The molecule has 3 rings (SSSR count). The number of benzene rings is 1. The number of amides is 1. The average Bonchev–Trinajstić information content (AvgIpc) is 3.05. The minimum absolute atomic E-state index is 0.0391. The van der Waals surface area contributed by atoms with E-state index in [0.29, 0.717) is 12.1 Å². The quantitative estimate of drug-likeness (QED) is 0.937. The van der Waals surface area contributed by atoms with Crippen molar-refractivity contribution in [1.29, 1.82) is 0 Å². The summed E-state index contributed by atoms with van der Waals surface area (Å²) in [5.41, 5.74) is 2.97. The standard InChI is InChI=1S/C16H17NO3S2/c1-11-5-7-21-15(11)12-3-2-4-14(9-12)17-16(18)13-6-8-22(19,20)10-13/h2-5,7,9,13H,6,8,10H2,1H3,(H,17,18)/t13-/m0/s1. The van der Waals surface area contributed by atoms with Gasteiger partial charge in [-0.2, -0.15) is 0 Å². The van der Waals surface area contributed by atoms with E-state index in [1.54, 1.807) is 11.3 Å². The second-order valence-corrected chi connectivity index (χ2v) is 8.75. The van der Waals surface area contributed by atoms with Gasteiger partial charge in [0.2, 0.25) is 5.91 Å². The van der Waals surface area contributed by atoms with Gasteiger partial charge >= 0.3 is 0 Å². The van der Waals surface area contributed by atoms with E-state index in [1.807, 2.05) is 29.6 Å². The minimum atomic E-state index is -3.04. The summed E-state index contributed by atoms with van der Waals surface area (Å²) in [7, 11) is -3.04. The molecule has 1 atom stereocenters. The van der Waals surface area contributed by atoms with Gasteiger partial charge in [0, 0.05) is 10.6 Å². The van der Waals surface area contributed by atoms with Gasteiger partial charge in [0.25, 0.3) is 0 Å². The molecule has 1 fully saturated rings. The number of hydrogen-bond acceptors (Lipinski definition) is 4. The second-order valence-electron chi connectivity index (χ2n) is 5.60. The molecule has 22 heavy (non-hydrogen) atoms. The van der Waals surface area contributed by atoms with Crippen molar-refractivity contribution >= 4 is 32.8 Å². The smallest absolute Gasteiger partial charge is 0.228 e. The van der Waals surface area contributed by atoms with Crippen LogP contribution in [-0.4, -0.2) is 25.8 Å². The number of aryl methyl sites for hydroxylation is 1. The van der Waals surface area contributed by atoms with Crippen molar-refractivity contribution in [3.8, 4) is 10.4 Å². The van der Waals surface area contributed by atoms with Crippen LogP contribution in [0.1, 0.15) is 12.0 Å². The molecular formula is C16H17NO3S2. The lowest BCUT2D eigenvalue weighted by atomic mass is 10.1. The maximum atomic E-state index is 12.2. The Kier molecular flexibility index (Phi) is 4.06. The molecule has 0 aliphatic carbocycles. The Morgan fingerprint density at radius 2 is 2.14 bits per heavy atom. The van der Waals surface area contributed by atoms with Gasteiger partial charge in [-0.05, 0) is 48.1 Å². The lowest BCUT2D eigenvalue weighted by Gasteiger charge is -2.10. The third kappa shape index (κ3) is 3.23. The third-order valence-electron chi connectivity index (χ3n) is 3.86. The van der Waals surface area contributed by atoms with E-state index in [4.69, 9.17) is 0 Å². The van der Waals surface area contributed by atoms with Gasteiger partial charge in [-0.25, -0.2) is 8.42 Å². The molecule has 4 nitrogen and oxygen atoms in total. The number of rotatable bonds is 3. The van der Waals surface area contributed by atoms with Crippen molar-refractivity contribution in [3.05, 3.63) is 41.3 Å². The van der Waals surface area contributed by atoms with Gasteiger partial charge in [0.05, 0.1) is 17.4 Å². The summed E-state index contributed by atoms with van der Waals surface area (Å²) in [5.74, 6) is -0.569. The molecule has 6 heteroatoms. The number of carbonyl (C=O) groups is 1. The number of anilines is 1. The minimum Gasteiger partial charge on any atom is -0.326 e. The largest absolute Gasteiger partial charge is 0.326 e. The Morgan fingerprint density at radius 3 is 2.77 bits per heavy atom. The number of thiophene rings is 1. The third-order valence-corrected chi connectivity index (χ3v) is 6.69. The Balaban J connectivity index is 1.76. The summed E-state index contributed by atoms with van der Waals surface area (Å²) in [5, 5.41) is 4.89. The summed E-state index contributed by atoms with van der Waals surface area (Å²) in [6.45, 7) is 2.06. The molecule has 2 aromatic rings. The zero-order valence-electron chi connectivity index (χ0n) is 12.2. The van der Waals surface area contributed by atoms with E-state index < -0.39 is 15.8 Å². The zero-order valence-corrected chi connectivity index (χ0v) is 13.8. The van der Waals surface area contributed by atoms with Gasteiger partial charge in [-0.1, -0.05) is 12.1 Å². The fourth-order valence-electron chi connectivity index (χ4n) is 2.65. The molecular weight excluding hydrogens is 318 g/mol. The molecule has 0 unspecified atom stereocenters. The Labute approximate surface area is 134 Å². The van der Waals surface area contributed by atoms with Gasteiger partial charge in [0.1, 0.15) is 0 Å². The average molecular weight is 335 g/mol. The van der Waals surface area contributed by atoms with Crippen molar-refractivity contribution in [2.45, 2.75) is 13.3 Å². The van der Waals surface area contributed by atoms with E-state index in [9.17, 15) is 13.2 Å². The molecule has 1 N–H and O–H groups in total. The first-order valence-electron chi connectivity index (χ1n) is 7.10. The maximum Gasteiger partial charge on any atom is 0.228 e. The fraction of sp³-hybridized carbons (Fsp3) is 0.312. The SMILES string of the molecule is Cc1ccsc1-c1cccc(NC(=O)[C@H]2CCS(=O)(=O)C2)c1. The number of nitrogens with one attached hydrogen (secondary N) is 1. The normalized spacial score (nSPS) is 20.0. The summed E-state index contributed by atoms with van der Waals surface area (Å²) in [6, 6.07) is 9.73. The van der Waals surface area contributed by atoms with Crippen molar-refractivity contribution in [1.82, 2.24) is 0 Å². The summed E-state index contributed by atoms with van der Waals surface area (Å²) >= 11 is 1.66. The summed E-state index contributed by atoms with van der Waals surface area (Å²) in [6.07, 6.45) is 0.415. The van der Waals surface area contributed by atoms with Crippen molar-refractivity contribution in [3.63, 3.8) is 0 Å². The fourth-order valence-corrected chi connectivity index (χ4v) is 5.32. The van der Waals surface area contributed by atoms with Crippen LogP contribution in [0.25, 0.3) is 10.4 Å². The zero-order chi connectivity index (χ0) is 15.7. The number of hydrogen-bond donors (Lipinski definition) is 1. The molecule has 0 radical (unpaired) electrons. The molecule has 116 valence electrons. The lowest BCUT2D eigenvalue weighted by Crippen LogP contribution is -2.23. The molecule has 1 aliphatic heterocycles. The highest BCUT2D eigenvalue weighted by atomic mass is 32.2. The molecule has 1 aromatic heterocycles. The Morgan fingerprint density at radius 1 is 1.32 bits per heavy atom. The van der Waals surface area contributed by atoms with Crippen molar-refractivity contribution in [2.75, 3.05) is 16.8 Å². The number of carbonyl (C=O) groups excluding carboxylic acids is 1. The molecule has 0 spiro atoms. The number of sulfone groups is 1. The van der Waals surface area contributed by atoms with Crippen molar-refractivity contribution in [2.24, 2.45) is 5.92 Å². The molecule has 0 saturated carbocycles. The molecule has 0 bridgehead atoms. The van der Waals surface area contributed by atoms with Crippen LogP contribution in [0.5, 0.6) is 0 Å². The predicted molar refractivity (Wildman–Crippen MR) is 89.9 cm³/mol. The maximum absolute atomic E-state index is 12.2.